The summed E-state index contributed by atoms with van der Waals surface area (Å²) in [7, 11) is 0. The van der Waals surface area contributed by atoms with Crippen LogP contribution >= 0.6 is 0 Å². The number of pyridine rings is 1. The summed E-state index contributed by atoms with van der Waals surface area (Å²) in [6, 6.07) is 18.0. The molecule has 0 unspecified atom stereocenters. The zero-order valence-corrected chi connectivity index (χ0v) is 16.6. The van der Waals surface area contributed by atoms with E-state index in [9.17, 15) is 0 Å². The van der Waals surface area contributed by atoms with Gasteiger partial charge in [0.1, 0.15) is 17.9 Å². The van der Waals surface area contributed by atoms with Crippen LogP contribution in [0.1, 0.15) is 31.2 Å². The zero-order chi connectivity index (χ0) is 20.1. The highest BCUT2D eigenvalue weighted by atomic mass is 16.6. The molecule has 0 aliphatic rings. The topological polar surface area (TPSA) is 78.3 Å². The van der Waals surface area contributed by atoms with E-state index in [0.717, 1.165) is 59.1 Å². The molecule has 0 saturated carbocycles. The van der Waals surface area contributed by atoms with Crippen LogP contribution in [0.15, 0.2) is 59.8 Å². The molecule has 2 heterocycles. The molecule has 0 bridgehead atoms. The molecule has 0 saturated heterocycles. The molecule has 4 rings (SSSR count). The van der Waals surface area contributed by atoms with Crippen LogP contribution in [-0.4, -0.2) is 27.4 Å². The maximum absolute atomic E-state index is 6.22. The Bertz CT molecular complexity index is 1130. The van der Waals surface area contributed by atoms with Crippen LogP contribution in [0, 0.1) is 0 Å². The number of aryl methyl sites for hydroxylation is 2. The first-order valence-corrected chi connectivity index (χ1v) is 10.0. The summed E-state index contributed by atoms with van der Waals surface area (Å²) in [6.45, 7) is 3.48. The quantitative estimate of drug-likeness (QED) is 0.273. The molecule has 0 atom stereocenters. The lowest BCUT2D eigenvalue weighted by Gasteiger charge is -2.10. The maximum atomic E-state index is 6.22. The number of hydrogen-bond donors (Lipinski definition) is 1. The number of rotatable bonds is 8. The number of nitrogen functional groups attached to an aromatic ring is 1. The van der Waals surface area contributed by atoms with Gasteiger partial charge in [-0.15, -0.1) is 0 Å². The van der Waals surface area contributed by atoms with Crippen molar-refractivity contribution in [2.75, 3.05) is 12.3 Å². The summed E-state index contributed by atoms with van der Waals surface area (Å²) in [6.07, 6.45) is 4.47. The fourth-order valence-electron chi connectivity index (χ4n) is 3.54. The molecule has 0 aliphatic heterocycles. The van der Waals surface area contributed by atoms with Crippen molar-refractivity contribution in [3.63, 3.8) is 0 Å². The second-order valence-corrected chi connectivity index (χ2v) is 6.97. The van der Waals surface area contributed by atoms with Gasteiger partial charge in [-0.05, 0) is 18.1 Å². The molecular formula is C23H25N5O. The summed E-state index contributed by atoms with van der Waals surface area (Å²) in [5.41, 5.74) is 9.98. The van der Waals surface area contributed by atoms with Gasteiger partial charge in [-0.1, -0.05) is 60.6 Å². The van der Waals surface area contributed by atoms with Gasteiger partial charge < -0.3 is 15.1 Å². The number of para-hydroxylation sites is 1. The molecule has 2 aromatic carbocycles. The Morgan fingerprint density at radius 3 is 2.69 bits per heavy atom. The van der Waals surface area contributed by atoms with Crippen LogP contribution in [0.3, 0.4) is 0 Å². The predicted molar refractivity (Wildman–Crippen MR) is 118 cm³/mol. The number of nitrogens with two attached hydrogens (primary N) is 1. The number of nitrogens with zero attached hydrogens (tertiary/aromatic N) is 4. The molecule has 2 aromatic heterocycles. The van der Waals surface area contributed by atoms with Gasteiger partial charge in [0.2, 0.25) is 0 Å². The van der Waals surface area contributed by atoms with Gasteiger partial charge in [-0.25, -0.2) is 9.97 Å². The molecule has 0 spiro atoms. The Kier molecular flexibility index (Phi) is 5.70. The van der Waals surface area contributed by atoms with Crippen LogP contribution in [0.5, 0.6) is 0 Å². The van der Waals surface area contributed by atoms with Crippen molar-refractivity contribution in [1.82, 2.24) is 14.5 Å². The Balaban J connectivity index is 1.54. The molecule has 2 N–H and O–H groups in total. The van der Waals surface area contributed by atoms with Crippen molar-refractivity contribution in [2.24, 2.45) is 5.16 Å². The highest BCUT2D eigenvalue weighted by Gasteiger charge is 2.16. The third kappa shape index (κ3) is 4.06. The Hall–Kier alpha value is -3.41. The fraction of sp³-hybridized carbons (Fsp3) is 0.261. The van der Waals surface area contributed by atoms with Crippen molar-refractivity contribution in [2.45, 2.75) is 32.7 Å². The minimum Gasteiger partial charge on any atom is -0.396 e. The standard InChI is InChI=1S/C23H25N5O/c1-2-9-20-27-21-22(18-12-6-7-13-19(18)26-23(21)24)28(20)14-8-15-29-25-16-17-10-4-3-5-11-17/h3-7,10-13,16H,2,8-9,14-15H2,1H3,(H2,24,26)/b25-16+. The van der Waals surface area contributed by atoms with Crippen LogP contribution < -0.4 is 5.73 Å². The maximum Gasteiger partial charge on any atom is 0.152 e. The van der Waals surface area contributed by atoms with Gasteiger partial charge in [-0.3, -0.25) is 0 Å². The van der Waals surface area contributed by atoms with E-state index in [4.69, 9.17) is 15.6 Å². The van der Waals surface area contributed by atoms with E-state index < -0.39 is 0 Å². The SMILES string of the molecule is CCCc1nc2c(N)nc3ccccc3c2n1CCCO/N=C/c1ccccc1. The number of fused-ring (bicyclic) bond motifs is 3. The van der Waals surface area contributed by atoms with E-state index in [1.807, 2.05) is 48.5 Å². The monoisotopic (exact) mass is 387 g/mol. The van der Waals surface area contributed by atoms with Crippen molar-refractivity contribution in [3.05, 3.63) is 66.0 Å². The van der Waals surface area contributed by atoms with Crippen molar-refractivity contribution >= 4 is 34.0 Å². The summed E-state index contributed by atoms with van der Waals surface area (Å²) in [4.78, 5) is 14.8. The summed E-state index contributed by atoms with van der Waals surface area (Å²) in [5.74, 6) is 1.53. The molecular weight excluding hydrogens is 362 g/mol. The smallest absolute Gasteiger partial charge is 0.152 e. The second kappa shape index (κ2) is 8.73. The molecule has 6 heteroatoms. The lowest BCUT2D eigenvalue weighted by molar-refractivity contribution is 0.140. The van der Waals surface area contributed by atoms with Crippen molar-refractivity contribution in [3.8, 4) is 0 Å². The molecule has 6 nitrogen and oxygen atoms in total. The van der Waals surface area contributed by atoms with Gasteiger partial charge in [0.05, 0.1) is 17.2 Å². The third-order valence-corrected chi connectivity index (χ3v) is 4.86. The first kappa shape index (κ1) is 18.9. The number of anilines is 1. The van der Waals surface area contributed by atoms with Crippen LogP contribution in [0.25, 0.3) is 21.9 Å². The number of imidazole rings is 1. The summed E-state index contributed by atoms with van der Waals surface area (Å²) < 4.78 is 2.27. The van der Waals surface area contributed by atoms with Gasteiger partial charge in [0.15, 0.2) is 5.82 Å². The van der Waals surface area contributed by atoms with Gasteiger partial charge >= 0.3 is 0 Å². The highest BCUT2D eigenvalue weighted by Crippen LogP contribution is 2.29. The van der Waals surface area contributed by atoms with E-state index in [1.165, 1.54) is 0 Å². The van der Waals surface area contributed by atoms with E-state index in [0.29, 0.717) is 12.4 Å². The average molecular weight is 387 g/mol. The minimum atomic E-state index is 0.485. The lowest BCUT2D eigenvalue weighted by Crippen LogP contribution is -2.06. The molecule has 148 valence electrons. The number of benzene rings is 2. The highest BCUT2D eigenvalue weighted by molar-refractivity contribution is 6.06. The largest absolute Gasteiger partial charge is 0.396 e. The average Bonchev–Trinajstić information content (AvgIpc) is 3.11. The summed E-state index contributed by atoms with van der Waals surface area (Å²) >= 11 is 0. The van der Waals surface area contributed by atoms with Gasteiger partial charge in [0, 0.05) is 24.8 Å². The van der Waals surface area contributed by atoms with E-state index in [2.05, 4.69) is 27.7 Å². The molecule has 4 aromatic rings. The number of aromatic nitrogens is 3. The molecule has 0 radical (unpaired) electrons. The predicted octanol–water partition coefficient (Wildman–Crippen LogP) is 4.56. The number of hydrogen-bond acceptors (Lipinski definition) is 5. The van der Waals surface area contributed by atoms with Crippen LogP contribution in [0.4, 0.5) is 5.82 Å². The van der Waals surface area contributed by atoms with Crippen LogP contribution in [-0.2, 0) is 17.8 Å². The normalized spacial score (nSPS) is 11.6. The van der Waals surface area contributed by atoms with E-state index in [1.54, 1.807) is 6.21 Å². The lowest BCUT2D eigenvalue weighted by atomic mass is 10.2. The molecule has 0 amide bonds. The van der Waals surface area contributed by atoms with Crippen molar-refractivity contribution < 1.29 is 4.84 Å². The first-order chi connectivity index (χ1) is 14.3. The van der Waals surface area contributed by atoms with Gasteiger partial charge in [-0.2, -0.15) is 0 Å². The van der Waals surface area contributed by atoms with E-state index in [-0.39, 0.29) is 0 Å². The molecule has 0 fully saturated rings. The summed E-state index contributed by atoms with van der Waals surface area (Å²) in [5, 5.41) is 5.14. The number of oxime groups is 1. The Morgan fingerprint density at radius 2 is 1.86 bits per heavy atom. The Labute approximate surface area is 170 Å². The van der Waals surface area contributed by atoms with E-state index >= 15 is 0 Å². The van der Waals surface area contributed by atoms with Gasteiger partial charge in [0.25, 0.3) is 0 Å². The fourth-order valence-corrected chi connectivity index (χ4v) is 3.54. The molecule has 0 aliphatic carbocycles. The third-order valence-electron chi connectivity index (χ3n) is 4.86. The Morgan fingerprint density at radius 1 is 1.07 bits per heavy atom. The first-order valence-electron chi connectivity index (χ1n) is 10.0. The molecule has 29 heavy (non-hydrogen) atoms. The van der Waals surface area contributed by atoms with Crippen LogP contribution in [0.2, 0.25) is 0 Å². The van der Waals surface area contributed by atoms with Crippen molar-refractivity contribution in [1.29, 1.82) is 0 Å². The minimum absolute atomic E-state index is 0.485. The second-order valence-electron chi connectivity index (χ2n) is 6.97. The zero-order valence-electron chi connectivity index (χ0n) is 16.6.